The summed E-state index contributed by atoms with van der Waals surface area (Å²) >= 11 is 1.17. The third kappa shape index (κ3) is 6.62. The number of carbonyl (C=O) groups excluding carboxylic acids is 1. The van der Waals surface area contributed by atoms with Crippen molar-refractivity contribution in [1.82, 2.24) is 25.3 Å². The predicted molar refractivity (Wildman–Crippen MR) is 139 cm³/mol. The van der Waals surface area contributed by atoms with Gasteiger partial charge in [-0.05, 0) is 38.3 Å². The fourth-order valence-electron chi connectivity index (χ4n) is 3.81. The minimum Gasteiger partial charge on any atom is -0.477 e. The first kappa shape index (κ1) is 26.4. The molecule has 0 spiro atoms. The van der Waals surface area contributed by atoms with Crippen molar-refractivity contribution in [3.63, 3.8) is 0 Å². The lowest BCUT2D eigenvalue weighted by Gasteiger charge is -2.20. The summed E-state index contributed by atoms with van der Waals surface area (Å²) in [5, 5.41) is 2.80. The minimum absolute atomic E-state index is 0.0893. The average Bonchev–Trinajstić information content (AvgIpc) is 3.44. The number of carbonyl (C=O) groups is 1. The summed E-state index contributed by atoms with van der Waals surface area (Å²) in [6, 6.07) is 2.54. The number of pyridine rings is 1. The first-order valence-electron chi connectivity index (χ1n) is 12.3. The first-order chi connectivity index (χ1) is 18.4. The van der Waals surface area contributed by atoms with Gasteiger partial charge in [-0.2, -0.15) is 0 Å². The van der Waals surface area contributed by atoms with Gasteiger partial charge in [-0.15, -0.1) is 11.3 Å². The van der Waals surface area contributed by atoms with Gasteiger partial charge in [-0.25, -0.2) is 18.4 Å². The molecule has 0 unspecified atom stereocenters. The molecule has 4 heterocycles. The molecule has 2 fully saturated rings. The van der Waals surface area contributed by atoms with Crippen LogP contribution < -0.4 is 14.8 Å². The molecule has 3 aromatic rings. The van der Waals surface area contributed by atoms with Crippen LogP contribution in [0.2, 0.25) is 0 Å². The molecule has 1 saturated carbocycles. The normalized spacial score (nSPS) is 18.2. The van der Waals surface area contributed by atoms with E-state index in [4.69, 9.17) is 14.2 Å². The second-order valence-electron chi connectivity index (χ2n) is 8.87. The van der Waals surface area contributed by atoms with Crippen molar-refractivity contribution in [3.05, 3.63) is 47.6 Å². The number of thiazole rings is 1. The minimum atomic E-state index is -3.45. The smallest absolute Gasteiger partial charge is 0.280 e. The second-order valence-corrected chi connectivity index (χ2v) is 11.9. The summed E-state index contributed by atoms with van der Waals surface area (Å²) < 4.78 is 44.2. The number of ether oxygens (including phenoxy) is 3. The van der Waals surface area contributed by atoms with E-state index in [0.29, 0.717) is 60.5 Å². The van der Waals surface area contributed by atoms with Gasteiger partial charge in [0.2, 0.25) is 15.9 Å². The highest BCUT2D eigenvalue weighted by atomic mass is 32.2. The number of nitrogens with zero attached hydrogens (tertiary/aromatic N) is 4. The zero-order valence-corrected chi connectivity index (χ0v) is 22.3. The maximum absolute atomic E-state index is 13.2. The highest BCUT2D eigenvalue weighted by Crippen LogP contribution is 2.30. The monoisotopic (exact) mass is 560 g/mol. The number of nitrogens with one attached hydrogen (secondary N) is 2. The van der Waals surface area contributed by atoms with Crippen LogP contribution in [-0.2, 0) is 19.5 Å². The summed E-state index contributed by atoms with van der Waals surface area (Å²) in [5.41, 5.74) is 1.39. The van der Waals surface area contributed by atoms with Crippen molar-refractivity contribution in [1.29, 1.82) is 0 Å². The van der Waals surface area contributed by atoms with E-state index in [9.17, 15) is 13.2 Å². The summed E-state index contributed by atoms with van der Waals surface area (Å²) in [5.74, 6) is -0.0296. The Bertz CT molecular complexity index is 1370. The Labute approximate surface area is 224 Å². The molecule has 0 aromatic carbocycles. The molecule has 1 aliphatic heterocycles. The molecule has 0 radical (unpaired) electrons. The Morgan fingerprint density at radius 1 is 1.24 bits per heavy atom. The van der Waals surface area contributed by atoms with E-state index < -0.39 is 22.0 Å². The summed E-state index contributed by atoms with van der Waals surface area (Å²) in [6.45, 7) is 3.55. The number of sulfonamides is 1. The van der Waals surface area contributed by atoms with Crippen molar-refractivity contribution in [2.75, 3.05) is 31.1 Å². The summed E-state index contributed by atoms with van der Waals surface area (Å²) in [7, 11) is -3.45. The fraction of sp³-hybridized carbons (Fsp3) is 0.458. The molecule has 1 aliphatic carbocycles. The Morgan fingerprint density at radius 3 is 2.87 bits per heavy atom. The lowest BCUT2D eigenvalue weighted by atomic mass is 10.2. The van der Waals surface area contributed by atoms with Crippen molar-refractivity contribution in [2.24, 2.45) is 0 Å². The van der Waals surface area contributed by atoms with Gasteiger partial charge in [-0.1, -0.05) is 0 Å². The summed E-state index contributed by atoms with van der Waals surface area (Å²) in [6.07, 6.45) is 8.14. The topological polar surface area (TPSA) is 155 Å². The standard InChI is InChI=1S/C24H28N6O6S2/c1-2-35-22-12-25-10-19(28-22)21-11-27-24(37-21)23(31)29-20(14-36-16-6-8-34-13-16)18-9-15(5-7-26-18)30-38(32,33)17-3-4-17/h5,7,9-12,16-17,20H,2-4,6,8,13-14H2,1H3,(H,26,30)(H,29,31)/t16-,20-/m0/s1. The molecule has 2 atom stereocenters. The van der Waals surface area contributed by atoms with Crippen LogP contribution in [0.1, 0.15) is 47.7 Å². The predicted octanol–water partition coefficient (Wildman–Crippen LogP) is 2.57. The molecule has 1 amide bonds. The molecular weight excluding hydrogens is 532 g/mol. The van der Waals surface area contributed by atoms with Crippen LogP contribution in [0, 0.1) is 0 Å². The lowest BCUT2D eigenvalue weighted by Crippen LogP contribution is -2.33. The molecule has 202 valence electrons. The highest BCUT2D eigenvalue weighted by Gasteiger charge is 2.36. The molecular formula is C24H28N6O6S2. The van der Waals surface area contributed by atoms with Gasteiger partial charge in [0, 0.05) is 19.0 Å². The Morgan fingerprint density at radius 2 is 2.11 bits per heavy atom. The van der Waals surface area contributed by atoms with Gasteiger partial charge < -0.3 is 19.5 Å². The third-order valence-corrected chi connectivity index (χ3v) is 8.80. The van der Waals surface area contributed by atoms with Crippen LogP contribution in [0.3, 0.4) is 0 Å². The van der Waals surface area contributed by atoms with Crippen molar-refractivity contribution < 1.29 is 27.4 Å². The van der Waals surface area contributed by atoms with E-state index in [1.165, 1.54) is 23.7 Å². The van der Waals surface area contributed by atoms with Gasteiger partial charge in [-0.3, -0.25) is 19.5 Å². The van der Waals surface area contributed by atoms with Crippen molar-refractivity contribution >= 4 is 33.0 Å². The highest BCUT2D eigenvalue weighted by molar-refractivity contribution is 7.93. The number of hydrogen-bond donors (Lipinski definition) is 2. The molecule has 5 rings (SSSR count). The van der Waals surface area contributed by atoms with E-state index in [1.54, 1.807) is 24.5 Å². The van der Waals surface area contributed by atoms with E-state index in [1.807, 2.05) is 6.92 Å². The largest absolute Gasteiger partial charge is 0.477 e. The maximum Gasteiger partial charge on any atom is 0.280 e. The molecule has 1 saturated heterocycles. The Kier molecular flexibility index (Phi) is 8.12. The van der Waals surface area contributed by atoms with Crippen molar-refractivity contribution in [2.45, 2.75) is 43.6 Å². The lowest BCUT2D eigenvalue weighted by molar-refractivity contribution is 0.0285. The molecule has 12 nitrogen and oxygen atoms in total. The van der Waals surface area contributed by atoms with Crippen LogP contribution in [0.4, 0.5) is 5.69 Å². The van der Waals surface area contributed by atoms with E-state index in [2.05, 4.69) is 30.0 Å². The second kappa shape index (κ2) is 11.7. The van der Waals surface area contributed by atoms with Gasteiger partial charge in [0.1, 0.15) is 5.69 Å². The van der Waals surface area contributed by atoms with E-state index in [-0.39, 0.29) is 23.0 Å². The van der Waals surface area contributed by atoms with Crippen LogP contribution in [-0.4, -0.2) is 72.0 Å². The van der Waals surface area contributed by atoms with Gasteiger partial charge >= 0.3 is 0 Å². The number of aromatic nitrogens is 4. The molecule has 2 aliphatic rings. The van der Waals surface area contributed by atoms with E-state index in [0.717, 1.165) is 6.42 Å². The SMILES string of the molecule is CCOc1cncc(-c2cnc(C(=O)N[C@@H](CO[C@H]3CCOC3)c3cc(NS(=O)(=O)C4CC4)ccn3)s2)n1. The zero-order chi connectivity index (χ0) is 26.5. The number of anilines is 1. The van der Waals surface area contributed by atoms with E-state index >= 15 is 0 Å². The van der Waals surface area contributed by atoms with Crippen LogP contribution in [0.15, 0.2) is 36.9 Å². The summed E-state index contributed by atoms with van der Waals surface area (Å²) in [4.78, 5) is 31.1. The maximum atomic E-state index is 13.2. The number of amides is 1. The fourth-order valence-corrected chi connectivity index (χ4v) is 5.96. The van der Waals surface area contributed by atoms with Gasteiger partial charge in [0.25, 0.3) is 5.91 Å². The first-order valence-corrected chi connectivity index (χ1v) is 14.7. The van der Waals surface area contributed by atoms with Crippen LogP contribution >= 0.6 is 11.3 Å². The third-order valence-electron chi connectivity index (χ3n) is 5.91. The molecule has 0 bridgehead atoms. The van der Waals surface area contributed by atoms with Crippen molar-refractivity contribution in [3.8, 4) is 16.5 Å². The molecule has 3 aromatic heterocycles. The average molecular weight is 561 g/mol. The zero-order valence-electron chi connectivity index (χ0n) is 20.7. The number of rotatable bonds is 12. The molecule has 38 heavy (non-hydrogen) atoms. The molecule has 2 N–H and O–H groups in total. The quantitative estimate of drug-likeness (QED) is 0.338. The Hall–Kier alpha value is -3.20. The van der Waals surface area contributed by atoms with Crippen LogP contribution in [0.25, 0.3) is 10.6 Å². The number of hydrogen-bond acceptors (Lipinski definition) is 11. The Balaban J connectivity index is 1.33. The van der Waals surface area contributed by atoms with Gasteiger partial charge in [0.05, 0.1) is 65.9 Å². The molecule has 14 heteroatoms. The van der Waals surface area contributed by atoms with Crippen LogP contribution in [0.5, 0.6) is 5.88 Å². The van der Waals surface area contributed by atoms with Gasteiger partial charge in [0.15, 0.2) is 5.01 Å².